The highest BCUT2D eigenvalue weighted by Gasteiger charge is 2.11. The van der Waals surface area contributed by atoms with Gasteiger partial charge in [-0.3, -0.25) is 4.79 Å². The smallest absolute Gasteiger partial charge is 0.305 e. The van der Waals surface area contributed by atoms with Crippen molar-refractivity contribution in [1.82, 2.24) is 4.98 Å². The number of ether oxygens (including phenoxy) is 2. The molecule has 0 aliphatic carbocycles. The molecular weight excluding hydrogens is 433 g/mol. The molecule has 4 nitrogen and oxygen atoms in total. The average molecular weight is 454 g/mol. The van der Waals surface area contributed by atoms with Gasteiger partial charge in [-0.25, -0.2) is 0 Å². The fourth-order valence-corrected chi connectivity index (χ4v) is 4.08. The van der Waals surface area contributed by atoms with E-state index in [1.165, 1.54) is 7.11 Å². The van der Waals surface area contributed by atoms with Crippen molar-refractivity contribution in [3.05, 3.63) is 88.0 Å². The number of halogens is 2. The van der Waals surface area contributed by atoms with Crippen LogP contribution in [-0.2, 0) is 22.6 Å². The first-order valence-electron chi connectivity index (χ1n) is 9.87. The number of H-pyrrole nitrogens is 1. The van der Waals surface area contributed by atoms with Gasteiger partial charge in [-0.1, -0.05) is 35.3 Å². The summed E-state index contributed by atoms with van der Waals surface area (Å²) < 4.78 is 10.9. The first kappa shape index (κ1) is 21.3. The van der Waals surface area contributed by atoms with Crippen LogP contribution in [0.15, 0.2) is 66.9 Å². The number of aryl methyl sites for hydroxylation is 1. The van der Waals surface area contributed by atoms with E-state index in [1.807, 2.05) is 42.6 Å². The minimum atomic E-state index is -0.228. The van der Waals surface area contributed by atoms with Gasteiger partial charge >= 0.3 is 5.97 Å². The Bertz CT molecular complexity index is 1210. The number of hydrogen-bond donors (Lipinski definition) is 1. The molecule has 0 atom stereocenters. The van der Waals surface area contributed by atoms with Crippen LogP contribution < -0.4 is 4.74 Å². The summed E-state index contributed by atoms with van der Waals surface area (Å²) in [7, 11) is 1.40. The maximum atomic E-state index is 11.6. The van der Waals surface area contributed by atoms with E-state index in [1.54, 1.807) is 6.07 Å². The van der Waals surface area contributed by atoms with E-state index >= 15 is 0 Å². The third-order valence-corrected chi connectivity index (χ3v) is 5.51. The second-order valence-electron chi connectivity index (χ2n) is 7.25. The third kappa shape index (κ3) is 5.22. The van der Waals surface area contributed by atoms with E-state index in [0.29, 0.717) is 29.5 Å². The molecule has 0 fully saturated rings. The number of aromatic nitrogens is 1. The predicted octanol–water partition coefficient (Wildman–Crippen LogP) is 6.83. The monoisotopic (exact) mass is 453 g/mol. The van der Waals surface area contributed by atoms with Crippen LogP contribution in [0.1, 0.15) is 17.5 Å². The van der Waals surface area contributed by atoms with Crippen LogP contribution in [0, 0.1) is 0 Å². The van der Waals surface area contributed by atoms with Crippen molar-refractivity contribution < 1.29 is 14.3 Å². The van der Waals surface area contributed by atoms with Gasteiger partial charge in [0.2, 0.25) is 0 Å². The van der Waals surface area contributed by atoms with Gasteiger partial charge in [-0.05, 0) is 77.0 Å². The van der Waals surface area contributed by atoms with Crippen LogP contribution in [0.4, 0.5) is 0 Å². The lowest BCUT2D eigenvalue weighted by molar-refractivity contribution is -0.140. The van der Waals surface area contributed by atoms with Crippen molar-refractivity contribution >= 4 is 40.1 Å². The Morgan fingerprint density at radius 1 is 0.935 bits per heavy atom. The Kier molecular flexibility index (Phi) is 6.50. The van der Waals surface area contributed by atoms with Crippen LogP contribution in [0.3, 0.4) is 0 Å². The van der Waals surface area contributed by atoms with Crippen molar-refractivity contribution in [3.8, 4) is 16.9 Å². The molecular formula is C25H21Cl2NO3. The number of hydrogen-bond acceptors (Lipinski definition) is 3. The van der Waals surface area contributed by atoms with E-state index in [4.69, 9.17) is 32.7 Å². The van der Waals surface area contributed by atoms with Gasteiger partial charge in [0.05, 0.1) is 7.11 Å². The van der Waals surface area contributed by atoms with E-state index < -0.39 is 0 Å². The highest BCUT2D eigenvalue weighted by atomic mass is 35.5. The Hall–Kier alpha value is -2.95. The predicted molar refractivity (Wildman–Crippen MR) is 125 cm³/mol. The summed E-state index contributed by atoms with van der Waals surface area (Å²) in [5.74, 6) is 0.515. The molecule has 1 heterocycles. The fraction of sp³-hybridized carbons (Fsp3) is 0.160. The summed E-state index contributed by atoms with van der Waals surface area (Å²) in [5.41, 5.74) is 4.98. The van der Waals surface area contributed by atoms with Crippen molar-refractivity contribution in [3.63, 3.8) is 0 Å². The Balaban J connectivity index is 1.66. The SMILES string of the molecule is COC(=O)CCc1ccc(OCc2cc(Cl)cc(Cl)c2)c(-c2ccc3[nH]ccc3c2)c1. The molecule has 0 radical (unpaired) electrons. The lowest BCUT2D eigenvalue weighted by atomic mass is 9.98. The zero-order chi connectivity index (χ0) is 21.8. The second kappa shape index (κ2) is 9.46. The number of benzene rings is 3. The molecule has 3 aromatic carbocycles. The number of nitrogens with one attached hydrogen (secondary N) is 1. The molecule has 0 unspecified atom stereocenters. The van der Waals surface area contributed by atoms with Gasteiger partial charge in [-0.2, -0.15) is 0 Å². The molecule has 0 amide bonds. The maximum absolute atomic E-state index is 11.6. The summed E-state index contributed by atoms with van der Waals surface area (Å²) >= 11 is 12.2. The normalized spacial score (nSPS) is 10.9. The summed E-state index contributed by atoms with van der Waals surface area (Å²) in [4.78, 5) is 14.8. The minimum Gasteiger partial charge on any atom is -0.488 e. The summed E-state index contributed by atoms with van der Waals surface area (Å²) in [6, 6.07) is 19.6. The van der Waals surface area contributed by atoms with E-state index in [2.05, 4.69) is 23.2 Å². The molecule has 0 aliphatic rings. The lowest BCUT2D eigenvalue weighted by Gasteiger charge is -2.14. The molecule has 0 bridgehead atoms. The molecule has 0 spiro atoms. The number of esters is 1. The highest BCUT2D eigenvalue weighted by Crippen LogP contribution is 2.34. The van der Waals surface area contributed by atoms with Gasteiger partial charge in [-0.15, -0.1) is 0 Å². The van der Waals surface area contributed by atoms with Crippen molar-refractivity contribution in [2.75, 3.05) is 7.11 Å². The number of fused-ring (bicyclic) bond motifs is 1. The van der Waals surface area contributed by atoms with Crippen LogP contribution in [-0.4, -0.2) is 18.1 Å². The largest absolute Gasteiger partial charge is 0.488 e. The van der Waals surface area contributed by atoms with Gasteiger partial charge in [0, 0.05) is 33.7 Å². The van der Waals surface area contributed by atoms with Crippen LogP contribution >= 0.6 is 23.2 Å². The maximum Gasteiger partial charge on any atom is 0.305 e. The highest BCUT2D eigenvalue weighted by molar-refractivity contribution is 6.34. The molecule has 158 valence electrons. The van der Waals surface area contributed by atoms with Crippen molar-refractivity contribution in [1.29, 1.82) is 0 Å². The second-order valence-corrected chi connectivity index (χ2v) is 8.13. The van der Waals surface area contributed by atoms with Gasteiger partial charge in [0.15, 0.2) is 0 Å². The minimum absolute atomic E-state index is 0.228. The molecule has 0 saturated carbocycles. The summed E-state index contributed by atoms with van der Waals surface area (Å²) in [6.07, 6.45) is 2.84. The molecule has 4 aromatic rings. The molecule has 0 aliphatic heterocycles. The fourth-order valence-electron chi connectivity index (χ4n) is 3.51. The Morgan fingerprint density at radius 2 is 1.74 bits per heavy atom. The molecule has 0 saturated heterocycles. The van der Waals surface area contributed by atoms with E-state index in [-0.39, 0.29) is 5.97 Å². The van der Waals surface area contributed by atoms with Gasteiger partial charge in [0.25, 0.3) is 0 Å². The topological polar surface area (TPSA) is 51.3 Å². The molecule has 31 heavy (non-hydrogen) atoms. The third-order valence-electron chi connectivity index (χ3n) is 5.07. The van der Waals surface area contributed by atoms with Gasteiger partial charge in [0.1, 0.15) is 12.4 Å². The molecule has 1 aromatic heterocycles. The first-order chi connectivity index (χ1) is 15.0. The number of carbonyl (C=O) groups is 1. The Morgan fingerprint density at radius 3 is 2.52 bits per heavy atom. The van der Waals surface area contributed by atoms with E-state index in [9.17, 15) is 4.79 Å². The zero-order valence-corrected chi connectivity index (χ0v) is 18.5. The molecule has 6 heteroatoms. The van der Waals surface area contributed by atoms with Crippen LogP contribution in [0.2, 0.25) is 10.0 Å². The summed E-state index contributed by atoms with van der Waals surface area (Å²) in [5, 5.41) is 2.26. The lowest BCUT2D eigenvalue weighted by Crippen LogP contribution is -2.02. The van der Waals surface area contributed by atoms with Crippen LogP contribution in [0.5, 0.6) is 5.75 Å². The number of rotatable bonds is 7. The number of methoxy groups -OCH3 is 1. The quantitative estimate of drug-likeness (QED) is 0.312. The van der Waals surface area contributed by atoms with Gasteiger partial charge < -0.3 is 14.5 Å². The standard InChI is InChI=1S/C25H21Cl2NO3/c1-30-25(29)7-3-16-2-6-24(31-15-17-10-20(26)14-21(27)11-17)22(12-16)18-4-5-23-19(13-18)8-9-28-23/h2,4-6,8-14,28H,3,7,15H2,1H3. The molecule has 4 rings (SSSR count). The number of carbonyl (C=O) groups excluding carboxylic acids is 1. The molecule has 1 N–H and O–H groups in total. The Labute approximate surface area is 190 Å². The van der Waals surface area contributed by atoms with Crippen molar-refractivity contribution in [2.45, 2.75) is 19.4 Å². The van der Waals surface area contributed by atoms with Crippen molar-refractivity contribution in [2.24, 2.45) is 0 Å². The zero-order valence-electron chi connectivity index (χ0n) is 17.0. The van der Waals surface area contributed by atoms with E-state index in [0.717, 1.165) is 38.9 Å². The number of aromatic amines is 1. The van der Waals surface area contributed by atoms with Crippen LogP contribution in [0.25, 0.3) is 22.0 Å². The first-order valence-corrected chi connectivity index (χ1v) is 10.6. The average Bonchev–Trinajstić information content (AvgIpc) is 3.23. The summed E-state index contributed by atoms with van der Waals surface area (Å²) in [6.45, 7) is 0.335.